The largest absolute Gasteiger partial charge is 0.369 e. The summed E-state index contributed by atoms with van der Waals surface area (Å²) >= 11 is 0. The van der Waals surface area contributed by atoms with E-state index in [1.165, 1.54) is 53.2 Å². The van der Waals surface area contributed by atoms with Gasteiger partial charge in [-0.2, -0.15) is 23.3 Å². The van der Waals surface area contributed by atoms with E-state index in [1.54, 1.807) is 0 Å². The van der Waals surface area contributed by atoms with Crippen LogP contribution in [0.15, 0.2) is 68.1 Å². The molecule has 12 heteroatoms. The molecule has 0 radical (unpaired) electrons. The number of hydrogen-bond donors (Lipinski definition) is 2. The van der Waals surface area contributed by atoms with Crippen molar-refractivity contribution in [3.05, 3.63) is 71.3 Å². The molecular weight excluding hydrogens is 461 g/mol. The third-order valence-electron chi connectivity index (χ3n) is 5.22. The van der Waals surface area contributed by atoms with E-state index < -0.39 is 21.8 Å². The van der Waals surface area contributed by atoms with Crippen LogP contribution in [0.2, 0.25) is 0 Å². The molecule has 176 valence electrons. The van der Waals surface area contributed by atoms with Crippen LogP contribution < -0.4 is 11.5 Å². The molecule has 0 aliphatic heterocycles. The van der Waals surface area contributed by atoms with Crippen LogP contribution in [0.4, 0.5) is 15.8 Å². The molecule has 1 aromatic heterocycles. The van der Waals surface area contributed by atoms with Crippen molar-refractivity contribution >= 4 is 33.3 Å². The summed E-state index contributed by atoms with van der Waals surface area (Å²) in [7, 11) is -4.01. The molecule has 0 spiro atoms. The Morgan fingerprint density at radius 2 is 1.68 bits per heavy atom. The number of carbonyl (C=O) groups is 1. The number of azo groups is 1. The molecule has 34 heavy (non-hydrogen) atoms. The van der Waals surface area contributed by atoms with Crippen LogP contribution in [0.1, 0.15) is 35.6 Å². The summed E-state index contributed by atoms with van der Waals surface area (Å²) < 4.78 is 41.9. The lowest BCUT2D eigenvalue weighted by Crippen LogP contribution is -2.24. The predicted molar refractivity (Wildman–Crippen MR) is 123 cm³/mol. The van der Waals surface area contributed by atoms with Gasteiger partial charge >= 0.3 is 0 Å². The Labute approximate surface area is 195 Å². The molecule has 1 heterocycles. The monoisotopic (exact) mass is 483 g/mol. The van der Waals surface area contributed by atoms with Crippen LogP contribution in [-0.2, 0) is 22.9 Å². The van der Waals surface area contributed by atoms with Crippen molar-refractivity contribution in [2.45, 2.75) is 31.6 Å². The maximum atomic E-state index is 13.3. The lowest BCUT2D eigenvalue weighted by Gasteiger charge is -2.26. The van der Waals surface area contributed by atoms with Crippen molar-refractivity contribution in [2.75, 3.05) is 0 Å². The Hall–Kier alpha value is -3.93. The zero-order chi connectivity index (χ0) is 24.7. The van der Waals surface area contributed by atoms with Crippen molar-refractivity contribution in [2.24, 2.45) is 31.5 Å². The minimum atomic E-state index is -4.01. The molecule has 3 aromatic rings. The molecule has 2 aromatic carbocycles. The number of benzene rings is 2. The van der Waals surface area contributed by atoms with E-state index in [-0.39, 0.29) is 16.2 Å². The molecule has 4 rings (SSSR count). The average Bonchev–Trinajstić information content (AvgIpc) is 2.98. The minimum absolute atomic E-state index is 0.0955. The molecule has 10 nitrogen and oxygen atoms in total. The highest BCUT2D eigenvalue weighted by atomic mass is 32.2. The van der Waals surface area contributed by atoms with Gasteiger partial charge in [0, 0.05) is 5.56 Å². The minimum Gasteiger partial charge on any atom is -0.369 e. The highest BCUT2D eigenvalue weighted by molar-refractivity contribution is 7.90. The van der Waals surface area contributed by atoms with Gasteiger partial charge in [-0.1, -0.05) is 13.8 Å². The highest BCUT2D eigenvalue weighted by Gasteiger charge is 2.35. The Kier molecular flexibility index (Phi) is 5.77. The van der Waals surface area contributed by atoms with E-state index in [4.69, 9.17) is 11.5 Å². The number of hydrogen-bond acceptors (Lipinski definition) is 6. The second-order valence-electron chi connectivity index (χ2n) is 8.67. The molecular formula is C22H22FN7O3S. The van der Waals surface area contributed by atoms with Gasteiger partial charge in [0.1, 0.15) is 11.5 Å². The van der Waals surface area contributed by atoms with Crippen LogP contribution in [-0.4, -0.2) is 30.1 Å². The molecule has 0 unspecified atom stereocenters. The summed E-state index contributed by atoms with van der Waals surface area (Å²) in [5, 5.41) is 13.0. The molecule has 0 amide bonds. The third-order valence-corrected chi connectivity index (χ3v) is 6.54. The summed E-state index contributed by atoms with van der Waals surface area (Å²) in [5.74, 6) is -1.38. The molecule has 0 fully saturated rings. The summed E-state index contributed by atoms with van der Waals surface area (Å²) in [4.78, 5) is 12.9. The maximum Gasteiger partial charge on any atom is 0.285 e. The van der Waals surface area contributed by atoms with E-state index in [0.717, 1.165) is 0 Å². The van der Waals surface area contributed by atoms with E-state index >= 15 is 0 Å². The summed E-state index contributed by atoms with van der Waals surface area (Å²) in [6, 6.07) is 10.8. The third kappa shape index (κ3) is 4.71. The first-order chi connectivity index (χ1) is 15.9. The molecule has 1 aliphatic carbocycles. The van der Waals surface area contributed by atoms with Crippen molar-refractivity contribution in [3.8, 4) is 0 Å². The van der Waals surface area contributed by atoms with Crippen LogP contribution in [0.25, 0.3) is 0 Å². The number of aromatic nitrogens is 2. The van der Waals surface area contributed by atoms with Crippen LogP contribution in [0.5, 0.6) is 0 Å². The van der Waals surface area contributed by atoms with Gasteiger partial charge in [-0.15, -0.1) is 9.51 Å². The van der Waals surface area contributed by atoms with Crippen LogP contribution >= 0.6 is 0 Å². The van der Waals surface area contributed by atoms with Gasteiger partial charge in [0.05, 0.1) is 22.0 Å². The Morgan fingerprint density at radius 3 is 2.29 bits per heavy atom. The molecule has 2 bridgehead atoms. The quantitative estimate of drug-likeness (QED) is 0.322. The molecule has 0 saturated carbocycles. The molecule has 1 aliphatic rings. The van der Waals surface area contributed by atoms with Gasteiger partial charge < -0.3 is 11.5 Å². The van der Waals surface area contributed by atoms with Gasteiger partial charge in [0.2, 0.25) is 5.96 Å². The highest BCUT2D eigenvalue weighted by Crippen LogP contribution is 2.41. The van der Waals surface area contributed by atoms with Gasteiger partial charge in [-0.25, -0.2) is 4.39 Å². The number of nitrogens with zero attached hydrogens (tertiary/aromatic N) is 5. The normalized spacial score (nSPS) is 14.8. The van der Waals surface area contributed by atoms with Gasteiger partial charge in [-0.3, -0.25) is 4.79 Å². The summed E-state index contributed by atoms with van der Waals surface area (Å²) in [6.45, 7) is 4.14. The predicted octanol–water partition coefficient (Wildman–Crippen LogP) is 3.21. The van der Waals surface area contributed by atoms with Crippen LogP contribution in [0.3, 0.4) is 0 Å². The smallest absolute Gasteiger partial charge is 0.285 e. The number of rotatable bonds is 5. The fourth-order valence-electron chi connectivity index (χ4n) is 3.72. The summed E-state index contributed by atoms with van der Waals surface area (Å²) in [6.07, 6.45) is 1.13. The van der Waals surface area contributed by atoms with E-state index in [9.17, 15) is 17.6 Å². The lowest BCUT2D eigenvalue weighted by atomic mass is 9.79. The van der Waals surface area contributed by atoms with Gasteiger partial charge in [0.25, 0.3) is 15.9 Å². The number of nitrogens with two attached hydrogens (primary N) is 2. The number of sulfonamides is 1. The number of guanidine groups is 1. The van der Waals surface area contributed by atoms with E-state index in [1.807, 2.05) is 0 Å². The lowest BCUT2D eigenvalue weighted by molar-refractivity contribution is 0.0941. The number of carbonyl (C=O) groups excluding carboxylic acids is 1. The number of halogens is 1. The van der Waals surface area contributed by atoms with E-state index in [0.29, 0.717) is 41.2 Å². The Balaban J connectivity index is 1.66. The summed E-state index contributed by atoms with van der Waals surface area (Å²) in [5.41, 5.74) is 12.6. The van der Waals surface area contributed by atoms with E-state index in [2.05, 4.69) is 33.6 Å². The number of fused-ring (bicyclic) bond motifs is 2. The standard InChI is InChI=1S/C22H22FN7O3S/c1-22(2)11-17-19(18(12-22)30(28-17)20(31)13-3-5-14(23)6-4-13)27-26-15-7-9-16(10-8-15)34(32,33)29-21(24)25/h3-10H,11-12H2,1-2H3,(H4,24,25,29). The Bertz CT molecular complexity index is 1420. The van der Waals surface area contributed by atoms with Crippen molar-refractivity contribution < 1.29 is 17.6 Å². The average molecular weight is 484 g/mol. The Morgan fingerprint density at radius 1 is 1.03 bits per heavy atom. The van der Waals surface area contributed by atoms with Gasteiger partial charge in [-0.05, 0) is 66.8 Å². The zero-order valence-corrected chi connectivity index (χ0v) is 19.3. The second kappa shape index (κ2) is 8.45. The SMILES string of the molecule is CC1(C)Cc2nn(C(=O)c3ccc(F)cc3)c(c2N=Nc2ccc(S(=O)(=O)N=C(N)N)cc2)C1. The first-order valence-electron chi connectivity index (χ1n) is 10.2. The van der Waals surface area contributed by atoms with Gasteiger partial charge in [0.15, 0.2) is 0 Å². The molecule has 0 saturated heterocycles. The molecule has 4 N–H and O–H groups in total. The fraction of sp³-hybridized carbons (Fsp3) is 0.227. The first kappa shape index (κ1) is 23.2. The van der Waals surface area contributed by atoms with Crippen molar-refractivity contribution in [1.29, 1.82) is 0 Å². The molecule has 0 atom stereocenters. The van der Waals surface area contributed by atoms with Crippen LogP contribution in [0, 0.1) is 11.2 Å². The van der Waals surface area contributed by atoms with Crippen molar-refractivity contribution in [3.63, 3.8) is 0 Å². The van der Waals surface area contributed by atoms with Crippen molar-refractivity contribution in [1.82, 2.24) is 9.78 Å². The zero-order valence-electron chi connectivity index (χ0n) is 18.4. The second-order valence-corrected chi connectivity index (χ2v) is 10.3. The maximum absolute atomic E-state index is 13.3. The fourth-order valence-corrected chi connectivity index (χ4v) is 4.59. The topological polar surface area (TPSA) is 158 Å². The first-order valence-corrected chi connectivity index (χ1v) is 11.7.